The largest absolute Gasteiger partial charge is 0.341 e. The molecule has 3 heterocycles. The minimum absolute atomic E-state index is 0.136. The molecule has 0 atom stereocenters. The Bertz CT molecular complexity index is 548. The van der Waals surface area contributed by atoms with Gasteiger partial charge in [-0.2, -0.15) is 0 Å². The van der Waals surface area contributed by atoms with Gasteiger partial charge in [0.05, 0.1) is 17.8 Å². The van der Waals surface area contributed by atoms with Crippen LogP contribution in [0.4, 0.5) is 5.95 Å². The second-order valence-corrected chi connectivity index (χ2v) is 6.72. The van der Waals surface area contributed by atoms with Gasteiger partial charge in [0, 0.05) is 45.5 Å². The monoisotopic (exact) mass is 317 g/mol. The Hall–Kier alpha value is -1.53. The molecule has 0 spiro atoms. The lowest BCUT2D eigenvalue weighted by Crippen LogP contribution is -2.46. The van der Waals surface area contributed by atoms with Crippen LogP contribution in [0.3, 0.4) is 0 Å². The van der Waals surface area contributed by atoms with E-state index in [4.69, 9.17) is 0 Å². The molecule has 1 aromatic rings. The zero-order valence-electron chi connectivity index (χ0n) is 14.3. The van der Waals surface area contributed by atoms with Crippen LogP contribution in [0.1, 0.15) is 35.3 Å². The third-order valence-electron chi connectivity index (χ3n) is 4.87. The van der Waals surface area contributed by atoms with E-state index in [2.05, 4.69) is 31.7 Å². The number of nitrogens with zero attached hydrogens (tertiary/aromatic N) is 5. The van der Waals surface area contributed by atoms with Crippen molar-refractivity contribution in [2.75, 3.05) is 57.8 Å². The fourth-order valence-electron chi connectivity index (χ4n) is 3.27. The molecule has 1 aromatic heterocycles. The molecule has 0 radical (unpaired) electrons. The van der Waals surface area contributed by atoms with E-state index in [1.54, 1.807) is 6.20 Å². The first-order valence-electron chi connectivity index (χ1n) is 8.66. The number of likely N-dealkylation sites (N-methyl/N-ethyl adjacent to an activating group) is 1. The smallest absolute Gasteiger partial charge is 0.225 e. The van der Waals surface area contributed by atoms with Crippen molar-refractivity contribution < 1.29 is 4.79 Å². The van der Waals surface area contributed by atoms with Crippen LogP contribution in [-0.2, 0) is 0 Å². The van der Waals surface area contributed by atoms with E-state index < -0.39 is 0 Å². The Morgan fingerprint density at radius 1 is 1.09 bits per heavy atom. The molecule has 6 heteroatoms. The molecule has 0 amide bonds. The Morgan fingerprint density at radius 3 is 2.43 bits per heavy atom. The average molecular weight is 317 g/mol. The van der Waals surface area contributed by atoms with Gasteiger partial charge in [-0.1, -0.05) is 0 Å². The van der Waals surface area contributed by atoms with Crippen molar-refractivity contribution in [1.29, 1.82) is 0 Å². The molecule has 0 unspecified atom stereocenters. The maximum Gasteiger partial charge on any atom is 0.225 e. The van der Waals surface area contributed by atoms with Gasteiger partial charge in [0.2, 0.25) is 5.95 Å². The number of aryl methyl sites for hydroxylation is 1. The van der Waals surface area contributed by atoms with Gasteiger partial charge in [-0.05, 0) is 33.2 Å². The van der Waals surface area contributed by atoms with E-state index in [1.807, 2.05) is 6.92 Å². The Balaban J connectivity index is 1.64. The first kappa shape index (κ1) is 16.3. The molecule has 0 N–H and O–H groups in total. The predicted octanol–water partition coefficient (Wildman–Crippen LogP) is 1.21. The topological polar surface area (TPSA) is 52.6 Å². The van der Waals surface area contributed by atoms with E-state index >= 15 is 0 Å². The predicted molar refractivity (Wildman–Crippen MR) is 91.1 cm³/mol. The van der Waals surface area contributed by atoms with Crippen molar-refractivity contribution in [1.82, 2.24) is 19.8 Å². The number of anilines is 1. The quantitative estimate of drug-likeness (QED) is 0.778. The van der Waals surface area contributed by atoms with Crippen LogP contribution in [0.5, 0.6) is 0 Å². The van der Waals surface area contributed by atoms with Crippen molar-refractivity contribution in [3.63, 3.8) is 0 Å². The van der Waals surface area contributed by atoms with E-state index in [1.165, 1.54) is 19.3 Å². The molecule has 0 aliphatic carbocycles. The number of rotatable bonds is 4. The second kappa shape index (κ2) is 7.36. The summed E-state index contributed by atoms with van der Waals surface area (Å²) in [7, 11) is 2.12. The zero-order valence-corrected chi connectivity index (χ0v) is 14.3. The molecule has 23 heavy (non-hydrogen) atoms. The molecule has 126 valence electrons. The van der Waals surface area contributed by atoms with Gasteiger partial charge in [0.1, 0.15) is 0 Å². The van der Waals surface area contributed by atoms with Crippen molar-refractivity contribution in [2.24, 2.45) is 0 Å². The van der Waals surface area contributed by atoms with Gasteiger partial charge in [0.15, 0.2) is 5.78 Å². The summed E-state index contributed by atoms with van der Waals surface area (Å²) < 4.78 is 0. The van der Waals surface area contributed by atoms with Gasteiger partial charge in [-0.15, -0.1) is 0 Å². The summed E-state index contributed by atoms with van der Waals surface area (Å²) in [6.07, 6.45) is 5.42. The molecule has 2 fully saturated rings. The molecule has 0 saturated carbocycles. The Kier molecular flexibility index (Phi) is 5.23. The summed E-state index contributed by atoms with van der Waals surface area (Å²) in [6, 6.07) is 0. The highest BCUT2D eigenvalue weighted by molar-refractivity contribution is 5.98. The normalized spacial score (nSPS) is 20.7. The van der Waals surface area contributed by atoms with Crippen LogP contribution in [-0.4, -0.2) is 78.4 Å². The maximum atomic E-state index is 12.6. The van der Waals surface area contributed by atoms with E-state index in [9.17, 15) is 4.79 Å². The third kappa shape index (κ3) is 4.06. The zero-order chi connectivity index (χ0) is 16.2. The molecule has 2 saturated heterocycles. The summed E-state index contributed by atoms with van der Waals surface area (Å²) in [5.74, 6) is 0.913. The molecule has 6 nitrogen and oxygen atoms in total. The van der Waals surface area contributed by atoms with Crippen molar-refractivity contribution >= 4 is 11.7 Å². The van der Waals surface area contributed by atoms with Crippen LogP contribution >= 0.6 is 0 Å². The number of piperazine rings is 1. The number of carbonyl (C=O) groups is 1. The van der Waals surface area contributed by atoms with Crippen LogP contribution < -0.4 is 4.90 Å². The van der Waals surface area contributed by atoms with Gasteiger partial charge >= 0.3 is 0 Å². The fraction of sp³-hybridized carbons (Fsp3) is 0.706. The molecule has 2 aliphatic heterocycles. The Morgan fingerprint density at radius 2 is 1.78 bits per heavy atom. The highest BCUT2D eigenvalue weighted by atomic mass is 16.1. The first-order valence-corrected chi connectivity index (χ1v) is 8.66. The van der Waals surface area contributed by atoms with E-state index in [-0.39, 0.29) is 5.78 Å². The Labute approximate surface area is 138 Å². The summed E-state index contributed by atoms with van der Waals surface area (Å²) in [5, 5.41) is 0. The fourth-order valence-corrected chi connectivity index (χ4v) is 3.27. The van der Waals surface area contributed by atoms with Gasteiger partial charge in [-0.25, -0.2) is 9.97 Å². The molecule has 2 aliphatic rings. The van der Waals surface area contributed by atoms with E-state index in [0.717, 1.165) is 50.9 Å². The SMILES string of the molecule is Cc1nc(N2CCCCC2)ncc1C(=O)CN1CCN(C)CC1. The standard InChI is InChI=1S/C17H27N5O/c1-14-15(16(23)13-21-10-8-20(2)9-11-21)12-18-17(19-14)22-6-4-3-5-7-22/h12H,3-11,13H2,1-2H3. The van der Waals surface area contributed by atoms with Crippen LogP contribution in [0.15, 0.2) is 6.20 Å². The number of ketones is 1. The van der Waals surface area contributed by atoms with Gasteiger partial charge < -0.3 is 9.80 Å². The van der Waals surface area contributed by atoms with Crippen LogP contribution in [0.25, 0.3) is 0 Å². The minimum atomic E-state index is 0.136. The van der Waals surface area contributed by atoms with Crippen molar-refractivity contribution in [3.05, 3.63) is 17.5 Å². The summed E-state index contributed by atoms with van der Waals surface area (Å²) in [6.45, 7) is 8.39. The molecular formula is C17H27N5O. The summed E-state index contributed by atoms with van der Waals surface area (Å²) in [4.78, 5) is 28.3. The van der Waals surface area contributed by atoms with Crippen molar-refractivity contribution in [3.8, 4) is 0 Å². The number of hydrogen-bond donors (Lipinski definition) is 0. The van der Waals surface area contributed by atoms with Gasteiger partial charge in [0.25, 0.3) is 0 Å². The lowest BCUT2D eigenvalue weighted by Gasteiger charge is -2.31. The summed E-state index contributed by atoms with van der Waals surface area (Å²) >= 11 is 0. The van der Waals surface area contributed by atoms with E-state index in [0.29, 0.717) is 12.1 Å². The number of Topliss-reactive ketones (excluding diaryl/α,β-unsaturated/α-hetero) is 1. The lowest BCUT2D eigenvalue weighted by atomic mass is 10.1. The summed E-state index contributed by atoms with van der Waals surface area (Å²) in [5.41, 5.74) is 1.48. The molecule has 0 bridgehead atoms. The average Bonchev–Trinajstić information content (AvgIpc) is 2.57. The molecular weight excluding hydrogens is 290 g/mol. The first-order chi connectivity index (χ1) is 11.1. The number of aromatic nitrogens is 2. The highest BCUT2D eigenvalue weighted by Crippen LogP contribution is 2.17. The molecule has 0 aromatic carbocycles. The van der Waals surface area contributed by atoms with Crippen LogP contribution in [0, 0.1) is 6.92 Å². The molecule has 3 rings (SSSR count). The van der Waals surface area contributed by atoms with Crippen LogP contribution in [0.2, 0.25) is 0 Å². The maximum absolute atomic E-state index is 12.6. The third-order valence-corrected chi connectivity index (χ3v) is 4.87. The second-order valence-electron chi connectivity index (χ2n) is 6.72. The number of piperidine rings is 1. The number of hydrogen-bond acceptors (Lipinski definition) is 6. The lowest BCUT2D eigenvalue weighted by molar-refractivity contribution is 0.0875. The van der Waals surface area contributed by atoms with Gasteiger partial charge in [-0.3, -0.25) is 9.69 Å². The van der Waals surface area contributed by atoms with Crippen molar-refractivity contribution in [2.45, 2.75) is 26.2 Å². The number of carbonyl (C=O) groups excluding carboxylic acids is 1. The highest BCUT2D eigenvalue weighted by Gasteiger charge is 2.20. The minimum Gasteiger partial charge on any atom is -0.341 e.